The van der Waals surface area contributed by atoms with Crippen LogP contribution in [0.25, 0.3) is 0 Å². The Hall–Kier alpha value is -2.75. The van der Waals surface area contributed by atoms with Crippen molar-refractivity contribution >= 4 is 11.9 Å². The molecule has 0 saturated carbocycles. The molecule has 1 aromatic carbocycles. The molecule has 3 amide bonds. The molecule has 3 rings (SSSR count). The number of likely N-dealkylation sites (tertiary alicyclic amines) is 1. The smallest absolute Gasteiger partial charge is 0.320 e. The number of halogens is 1. The summed E-state index contributed by atoms with van der Waals surface area (Å²) in [5.41, 5.74) is -0.183. The van der Waals surface area contributed by atoms with Gasteiger partial charge in [-0.2, -0.15) is 4.39 Å². The van der Waals surface area contributed by atoms with Crippen molar-refractivity contribution in [3.8, 4) is 17.2 Å². The first-order valence-corrected chi connectivity index (χ1v) is 12.3. The largest absolute Gasteiger partial charge is 0.505 e. The molecule has 10 heteroatoms. The summed E-state index contributed by atoms with van der Waals surface area (Å²) in [4.78, 5) is 33.2. The highest BCUT2D eigenvalue weighted by Crippen LogP contribution is 2.47. The highest BCUT2D eigenvalue weighted by Gasteiger charge is 2.41. The third-order valence-electron chi connectivity index (χ3n) is 7.37. The van der Waals surface area contributed by atoms with E-state index in [1.807, 2.05) is 32.6 Å². The monoisotopic (exact) mass is 494 g/mol. The van der Waals surface area contributed by atoms with Crippen LogP contribution < -0.4 is 0 Å². The Bertz CT molecular complexity index is 943. The first kappa shape index (κ1) is 26.8. The summed E-state index contributed by atoms with van der Waals surface area (Å²) in [6.45, 7) is 12.5. The Morgan fingerprint density at radius 2 is 1.63 bits per heavy atom. The zero-order valence-corrected chi connectivity index (χ0v) is 21.6. The maximum absolute atomic E-state index is 14.2. The van der Waals surface area contributed by atoms with Gasteiger partial charge in [-0.25, -0.2) is 4.79 Å². The Morgan fingerprint density at radius 3 is 2.17 bits per heavy atom. The van der Waals surface area contributed by atoms with Gasteiger partial charge in [-0.3, -0.25) is 9.69 Å². The zero-order valence-electron chi connectivity index (χ0n) is 21.6. The molecule has 2 saturated heterocycles. The lowest BCUT2D eigenvalue weighted by Gasteiger charge is -2.47. The molecule has 2 fully saturated rings. The number of nitrogens with zero attached hydrogens (tertiary/aromatic N) is 4. The number of amides is 3. The van der Waals surface area contributed by atoms with Gasteiger partial charge in [0.2, 0.25) is 11.7 Å². The molecular weight excluding hydrogens is 455 g/mol. The molecular formula is C25H39FN4O5. The molecule has 196 valence electrons. The van der Waals surface area contributed by atoms with Crippen molar-refractivity contribution in [2.24, 2.45) is 5.41 Å². The number of phenols is 3. The molecule has 0 aromatic heterocycles. The molecule has 1 aromatic rings. The van der Waals surface area contributed by atoms with E-state index in [0.717, 1.165) is 0 Å². The van der Waals surface area contributed by atoms with Crippen molar-refractivity contribution in [3.63, 3.8) is 0 Å². The van der Waals surface area contributed by atoms with E-state index in [4.69, 9.17) is 0 Å². The minimum atomic E-state index is -1.28. The normalized spacial score (nSPS) is 21.8. The van der Waals surface area contributed by atoms with Gasteiger partial charge in [0.1, 0.15) is 0 Å². The van der Waals surface area contributed by atoms with Crippen molar-refractivity contribution in [2.75, 3.05) is 46.3 Å². The third kappa shape index (κ3) is 5.12. The van der Waals surface area contributed by atoms with Crippen molar-refractivity contribution in [1.29, 1.82) is 0 Å². The maximum atomic E-state index is 14.2. The van der Waals surface area contributed by atoms with Crippen LogP contribution in [0.2, 0.25) is 0 Å². The second kappa shape index (κ2) is 10.1. The molecule has 0 radical (unpaired) electrons. The molecule has 35 heavy (non-hydrogen) atoms. The highest BCUT2D eigenvalue weighted by atomic mass is 19.1. The average molecular weight is 495 g/mol. The Labute approximate surface area is 206 Å². The molecule has 0 aliphatic carbocycles. The summed E-state index contributed by atoms with van der Waals surface area (Å²) in [6, 6.07) is -0.850. The van der Waals surface area contributed by atoms with Crippen LogP contribution >= 0.6 is 0 Å². The molecule has 3 N–H and O–H groups in total. The fourth-order valence-corrected chi connectivity index (χ4v) is 5.12. The van der Waals surface area contributed by atoms with E-state index < -0.39 is 34.5 Å². The molecule has 0 bridgehead atoms. The van der Waals surface area contributed by atoms with E-state index in [-0.39, 0.29) is 29.1 Å². The van der Waals surface area contributed by atoms with Gasteiger partial charge < -0.3 is 30.0 Å². The number of urea groups is 1. The van der Waals surface area contributed by atoms with Crippen LogP contribution in [0.4, 0.5) is 9.18 Å². The number of piperidine rings is 1. The second-order valence-electron chi connectivity index (χ2n) is 10.7. The summed E-state index contributed by atoms with van der Waals surface area (Å²) < 4.78 is 14.2. The predicted octanol–water partition coefficient (Wildman–Crippen LogP) is 3.02. The van der Waals surface area contributed by atoms with Crippen LogP contribution in [0.15, 0.2) is 0 Å². The zero-order chi connectivity index (χ0) is 26.2. The number of hydrogen-bond acceptors (Lipinski definition) is 6. The summed E-state index contributed by atoms with van der Waals surface area (Å²) in [7, 11) is 1.68. The molecule has 9 nitrogen and oxygen atoms in total. The number of rotatable bonds is 3. The number of hydrogen-bond donors (Lipinski definition) is 3. The number of aromatic hydroxyl groups is 3. The van der Waals surface area contributed by atoms with Gasteiger partial charge in [-0.1, -0.05) is 20.8 Å². The van der Waals surface area contributed by atoms with Crippen molar-refractivity contribution in [1.82, 2.24) is 19.6 Å². The van der Waals surface area contributed by atoms with E-state index in [2.05, 4.69) is 4.90 Å². The van der Waals surface area contributed by atoms with Crippen LogP contribution in [0.3, 0.4) is 0 Å². The first-order valence-electron chi connectivity index (χ1n) is 12.3. The van der Waals surface area contributed by atoms with Crippen LogP contribution in [0, 0.1) is 18.2 Å². The summed E-state index contributed by atoms with van der Waals surface area (Å²) in [6.07, 6.45) is 1.14. The van der Waals surface area contributed by atoms with Crippen LogP contribution in [-0.4, -0.2) is 99.2 Å². The molecule has 2 aliphatic heterocycles. The number of carbonyl (C=O) groups is 2. The minimum absolute atomic E-state index is 0.0519. The average Bonchev–Trinajstić information content (AvgIpc) is 2.84. The van der Waals surface area contributed by atoms with E-state index in [9.17, 15) is 29.3 Å². The lowest BCUT2D eigenvalue weighted by molar-refractivity contribution is -0.141. The lowest BCUT2D eigenvalue weighted by Crippen LogP contribution is -2.57. The quantitative estimate of drug-likeness (QED) is 0.441. The van der Waals surface area contributed by atoms with Crippen molar-refractivity contribution in [3.05, 3.63) is 16.9 Å². The number of piperazine rings is 1. The number of phenolic OH excluding ortho intramolecular Hbond substituents is 3. The number of benzene rings is 1. The van der Waals surface area contributed by atoms with E-state index >= 15 is 0 Å². The van der Waals surface area contributed by atoms with Crippen molar-refractivity contribution in [2.45, 2.75) is 59.5 Å². The van der Waals surface area contributed by atoms with Gasteiger partial charge in [0.15, 0.2) is 17.2 Å². The standard InChI is InChI=1S/C25H39FN4O5/c1-7-27(6)24(35)30-9-8-16(28-10-12-29(13-11-28)23(34)25(3,4)5)14-17(30)18-15(2)20(31)19(26)22(33)21(18)32/h16-17,31-33H,7-14H2,1-6H3. The molecule has 0 spiro atoms. The first-order chi connectivity index (χ1) is 16.3. The predicted molar refractivity (Wildman–Crippen MR) is 130 cm³/mol. The fraction of sp³-hybridized carbons (Fsp3) is 0.680. The molecule has 2 aliphatic rings. The Kier molecular flexibility index (Phi) is 7.74. The lowest BCUT2D eigenvalue weighted by atomic mass is 9.87. The summed E-state index contributed by atoms with van der Waals surface area (Å²) in [5, 5.41) is 31.1. The SMILES string of the molecule is CCN(C)C(=O)N1CCC(N2CCN(C(=O)C(C)(C)C)CC2)CC1c1c(C)c(O)c(F)c(O)c1O. The van der Waals surface area contributed by atoms with Gasteiger partial charge >= 0.3 is 6.03 Å². The van der Waals surface area contributed by atoms with Gasteiger partial charge in [-0.05, 0) is 26.7 Å². The van der Waals surface area contributed by atoms with E-state index in [1.165, 1.54) is 6.92 Å². The van der Waals surface area contributed by atoms with Gasteiger partial charge in [0, 0.05) is 68.9 Å². The molecule has 2 unspecified atom stereocenters. The molecule has 2 atom stereocenters. The maximum Gasteiger partial charge on any atom is 0.320 e. The third-order valence-corrected chi connectivity index (χ3v) is 7.37. The van der Waals surface area contributed by atoms with Gasteiger partial charge in [-0.15, -0.1) is 0 Å². The summed E-state index contributed by atoms with van der Waals surface area (Å²) >= 11 is 0. The summed E-state index contributed by atoms with van der Waals surface area (Å²) in [5.74, 6) is -3.56. The Morgan fingerprint density at radius 1 is 1.03 bits per heavy atom. The number of carbonyl (C=O) groups excluding carboxylic acids is 2. The molecule has 2 heterocycles. The van der Waals surface area contributed by atoms with E-state index in [0.29, 0.717) is 52.1 Å². The highest BCUT2D eigenvalue weighted by molar-refractivity contribution is 5.81. The van der Waals surface area contributed by atoms with E-state index in [1.54, 1.807) is 16.8 Å². The van der Waals surface area contributed by atoms with Crippen LogP contribution in [0.1, 0.15) is 57.7 Å². The topological polar surface area (TPSA) is 108 Å². The fourth-order valence-electron chi connectivity index (χ4n) is 5.12. The van der Waals surface area contributed by atoms with Gasteiger partial charge in [0.25, 0.3) is 0 Å². The van der Waals surface area contributed by atoms with Crippen LogP contribution in [-0.2, 0) is 4.79 Å². The second-order valence-corrected chi connectivity index (χ2v) is 10.7. The van der Waals surface area contributed by atoms with Gasteiger partial charge in [0.05, 0.1) is 6.04 Å². The van der Waals surface area contributed by atoms with Crippen molar-refractivity contribution < 1.29 is 29.3 Å². The minimum Gasteiger partial charge on any atom is -0.505 e. The Balaban J connectivity index is 1.89. The van der Waals surface area contributed by atoms with Crippen LogP contribution in [0.5, 0.6) is 17.2 Å².